The highest BCUT2D eigenvalue weighted by molar-refractivity contribution is 7.99. The SMILES string of the molecule is COc1ccc(OCCNC(=O)NC2CCSc3ccc(F)cc32)cc1. The summed E-state index contributed by atoms with van der Waals surface area (Å²) in [6, 6.07) is 11.5. The number of fused-ring (bicyclic) bond motifs is 1. The number of carbonyl (C=O) groups is 1. The lowest BCUT2D eigenvalue weighted by Crippen LogP contribution is -2.40. The molecule has 2 N–H and O–H groups in total. The van der Waals surface area contributed by atoms with Crippen LogP contribution in [0.3, 0.4) is 0 Å². The zero-order valence-corrected chi connectivity index (χ0v) is 15.3. The minimum absolute atomic E-state index is 0.176. The van der Waals surface area contributed by atoms with Crippen molar-refractivity contribution >= 4 is 17.8 Å². The molecule has 138 valence electrons. The Morgan fingerprint density at radius 3 is 2.77 bits per heavy atom. The summed E-state index contributed by atoms with van der Waals surface area (Å²) >= 11 is 1.68. The summed E-state index contributed by atoms with van der Waals surface area (Å²) in [5.74, 6) is 2.08. The Labute approximate surface area is 156 Å². The molecule has 0 bridgehead atoms. The number of thioether (sulfide) groups is 1. The van der Waals surface area contributed by atoms with E-state index in [0.29, 0.717) is 18.9 Å². The molecule has 5 nitrogen and oxygen atoms in total. The van der Waals surface area contributed by atoms with Crippen molar-refractivity contribution in [2.75, 3.05) is 26.0 Å². The van der Waals surface area contributed by atoms with Crippen molar-refractivity contribution in [2.24, 2.45) is 0 Å². The van der Waals surface area contributed by atoms with Crippen molar-refractivity contribution in [3.8, 4) is 11.5 Å². The molecule has 0 radical (unpaired) electrons. The van der Waals surface area contributed by atoms with Gasteiger partial charge in [0, 0.05) is 10.6 Å². The van der Waals surface area contributed by atoms with Crippen LogP contribution in [0.4, 0.5) is 9.18 Å². The Morgan fingerprint density at radius 1 is 1.23 bits per heavy atom. The number of halogens is 1. The van der Waals surface area contributed by atoms with E-state index in [4.69, 9.17) is 9.47 Å². The van der Waals surface area contributed by atoms with Crippen LogP contribution in [-0.4, -0.2) is 32.0 Å². The molecule has 2 aromatic carbocycles. The lowest BCUT2D eigenvalue weighted by atomic mass is 10.0. The second-order valence-corrected chi connectivity index (χ2v) is 6.93. The van der Waals surface area contributed by atoms with Gasteiger partial charge in [-0.05, 0) is 54.4 Å². The van der Waals surface area contributed by atoms with E-state index >= 15 is 0 Å². The van der Waals surface area contributed by atoms with Crippen LogP contribution in [0, 0.1) is 5.82 Å². The van der Waals surface area contributed by atoms with E-state index in [9.17, 15) is 9.18 Å². The maximum absolute atomic E-state index is 13.5. The van der Waals surface area contributed by atoms with Crippen molar-refractivity contribution in [1.82, 2.24) is 10.6 Å². The number of hydrogen-bond donors (Lipinski definition) is 2. The zero-order chi connectivity index (χ0) is 18.4. The summed E-state index contributed by atoms with van der Waals surface area (Å²) in [5.41, 5.74) is 0.839. The fourth-order valence-corrected chi connectivity index (χ4v) is 3.84. The molecule has 1 heterocycles. The smallest absolute Gasteiger partial charge is 0.315 e. The molecule has 0 spiro atoms. The normalized spacial score (nSPS) is 15.7. The highest BCUT2D eigenvalue weighted by Crippen LogP contribution is 2.36. The van der Waals surface area contributed by atoms with Crippen LogP contribution in [0.25, 0.3) is 0 Å². The van der Waals surface area contributed by atoms with Crippen LogP contribution in [-0.2, 0) is 0 Å². The third-order valence-electron chi connectivity index (χ3n) is 4.03. The molecule has 0 aliphatic carbocycles. The number of hydrogen-bond acceptors (Lipinski definition) is 4. The van der Waals surface area contributed by atoms with Gasteiger partial charge in [0.25, 0.3) is 0 Å². The molecule has 1 aliphatic rings. The first-order valence-corrected chi connectivity index (χ1v) is 9.38. The van der Waals surface area contributed by atoms with E-state index in [-0.39, 0.29) is 17.9 Å². The van der Waals surface area contributed by atoms with Gasteiger partial charge in [0.05, 0.1) is 19.7 Å². The monoisotopic (exact) mass is 376 g/mol. The van der Waals surface area contributed by atoms with E-state index in [0.717, 1.165) is 28.4 Å². The second-order valence-electron chi connectivity index (χ2n) is 5.80. The molecule has 2 amide bonds. The van der Waals surface area contributed by atoms with Gasteiger partial charge in [0.1, 0.15) is 23.9 Å². The van der Waals surface area contributed by atoms with Crippen LogP contribution in [0.15, 0.2) is 47.4 Å². The first kappa shape index (κ1) is 18.4. The Balaban J connectivity index is 1.44. The van der Waals surface area contributed by atoms with Crippen molar-refractivity contribution in [3.05, 3.63) is 53.8 Å². The largest absolute Gasteiger partial charge is 0.497 e. The fraction of sp³-hybridized carbons (Fsp3) is 0.316. The van der Waals surface area contributed by atoms with E-state index in [1.165, 1.54) is 12.1 Å². The van der Waals surface area contributed by atoms with Crippen LogP contribution < -0.4 is 20.1 Å². The van der Waals surface area contributed by atoms with Crippen molar-refractivity contribution in [1.29, 1.82) is 0 Å². The summed E-state index contributed by atoms with van der Waals surface area (Å²) in [5, 5.41) is 5.68. The lowest BCUT2D eigenvalue weighted by molar-refractivity contribution is 0.232. The molecule has 7 heteroatoms. The third-order valence-corrected chi connectivity index (χ3v) is 5.16. The van der Waals surface area contributed by atoms with Crippen molar-refractivity contribution in [2.45, 2.75) is 17.4 Å². The first-order valence-electron chi connectivity index (χ1n) is 8.39. The minimum Gasteiger partial charge on any atom is -0.497 e. The van der Waals surface area contributed by atoms with Gasteiger partial charge in [-0.2, -0.15) is 0 Å². The van der Waals surface area contributed by atoms with Gasteiger partial charge in [-0.3, -0.25) is 0 Å². The summed E-state index contributed by atoms with van der Waals surface area (Å²) in [6.45, 7) is 0.723. The Kier molecular flexibility index (Phi) is 6.22. The molecule has 3 rings (SSSR count). The number of nitrogens with one attached hydrogen (secondary N) is 2. The number of ether oxygens (including phenoxy) is 2. The molecule has 2 aromatic rings. The Bertz CT molecular complexity index is 755. The van der Waals surface area contributed by atoms with Gasteiger partial charge in [0.2, 0.25) is 0 Å². The van der Waals surface area contributed by atoms with Crippen LogP contribution in [0.5, 0.6) is 11.5 Å². The molecule has 1 unspecified atom stereocenters. The topological polar surface area (TPSA) is 59.6 Å². The van der Waals surface area contributed by atoms with Crippen LogP contribution in [0.2, 0.25) is 0 Å². The number of benzene rings is 2. The summed E-state index contributed by atoms with van der Waals surface area (Å²) in [7, 11) is 1.61. The summed E-state index contributed by atoms with van der Waals surface area (Å²) < 4.78 is 24.2. The van der Waals surface area contributed by atoms with Gasteiger partial charge >= 0.3 is 6.03 Å². The molecular weight excluding hydrogens is 355 g/mol. The maximum Gasteiger partial charge on any atom is 0.315 e. The predicted molar refractivity (Wildman–Crippen MR) is 99.5 cm³/mol. The average Bonchev–Trinajstić information content (AvgIpc) is 2.66. The number of rotatable bonds is 6. The van der Waals surface area contributed by atoms with Gasteiger partial charge in [-0.15, -0.1) is 11.8 Å². The lowest BCUT2D eigenvalue weighted by Gasteiger charge is -2.26. The highest BCUT2D eigenvalue weighted by atomic mass is 32.2. The molecule has 1 aliphatic heterocycles. The van der Waals surface area contributed by atoms with Crippen molar-refractivity contribution < 1.29 is 18.7 Å². The number of methoxy groups -OCH3 is 1. The predicted octanol–water partition coefficient (Wildman–Crippen LogP) is 3.75. The molecule has 0 saturated heterocycles. The van der Waals surface area contributed by atoms with E-state index in [1.54, 1.807) is 24.9 Å². The average molecular weight is 376 g/mol. The molecule has 26 heavy (non-hydrogen) atoms. The maximum atomic E-state index is 13.5. The molecule has 0 saturated carbocycles. The van der Waals surface area contributed by atoms with Gasteiger partial charge in [-0.25, -0.2) is 9.18 Å². The fourth-order valence-electron chi connectivity index (χ4n) is 2.73. The standard InChI is InChI=1S/C19H21FN2O3S/c1-24-14-3-5-15(6-4-14)25-10-9-21-19(23)22-17-8-11-26-18-7-2-13(20)12-16(17)18/h2-7,12,17H,8-11H2,1H3,(H2,21,22,23). The molecule has 0 fully saturated rings. The molecule has 1 atom stereocenters. The second kappa shape index (κ2) is 8.80. The summed E-state index contributed by atoms with van der Waals surface area (Å²) in [6.07, 6.45) is 0.775. The van der Waals surface area contributed by atoms with E-state index in [2.05, 4.69) is 10.6 Å². The van der Waals surface area contributed by atoms with Crippen LogP contribution in [0.1, 0.15) is 18.0 Å². The number of urea groups is 1. The Hall–Kier alpha value is -2.41. The van der Waals surface area contributed by atoms with Gasteiger partial charge in [0.15, 0.2) is 0 Å². The summed E-state index contributed by atoms with van der Waals surface area (Å²) in [4.78, 5) is 13.1. The number of amides is 2. The highest BCUT2D eigenvalue weighted by Gasteiger charge is 2.22. The van der Waals surface area contributed by atoms with Crippen LogP contribution >= 0.6 is 11.8 Å². The van der Waals surface area contributed by atoms with E-state index < -0.39 is 0 Å². The zero-order valence-electron chi connectivity index (χ0n) is 14.5. The van der Waals surface area contributed by atoms with Crippen molar-refractivity contribution in [3.63, 3.8) is 0 Å². The molecule has 0 aromatic heterocycles. The van der Waals surface area contributed by atoms with E-state index in [1.807, 2.05) is 24.3 Å². The van der Waals surface area contributed by atoms with Gasteiger partial charge < -0.3 is 20.1 Å². The first-order chi connectivity index (χ1) is 12.7. The third kappa shape index (κ3) is 4.82. The minimum atomic E-state index is -0.286. The molecular formula is C19H21FN2O3S. The number of carbonyl (C=O) groups excluding carboxylic acids is 1. The van der Waals surface area contributed by atoms with Gasteiger partial charge in [-0.1, -0.05) is 0 Å². The Morgan fingerprint density at radius 2 is 2.00 bits per heavy atom. The quantitative estimate of drug-likeness (QED) is 0.754.